The summed E-state index contributed by atoms with van der Waals surface area (Å²) >= 11 is 3.42. The van der Waals surface area contributed by atoms with Crippen molar-refractivity contribution in [1.82, 2.24) is 0 Å². The standard InChI is InChI=1S/C16H18BrNO/c1-2-12-6-3-4-9-15(12)18-11-16(19)13-7-5-8-14(17)10-13/h3-10,16,18-19H,2,11H2,1H3. The molecule has 0 spiro atoms. The molecule has 2 nitrogen and oxygen atoms in total. The molecule has 2 N–H and O–H groups in total. The lowest BCUT2D eigenvalue weighted by atomic mass is 10.1. The maximum atomic E-state index is 10.2. The number of aliphatic hydroxyl groups excluding tert-OH is 1. The number of nitrogens with one attached hydrogen (secondary N) is 1. The molecule has 0 aliphatic rings. The Balaban J connectivity index is 2.02. The van der Waals surface area contributed by atoms with Crippen molar-refractivity contribution >= 4 is 21.6 Å². The summed E-state index contributed by atoms with van der Waals surface area (Å²) in [6, 6.07) is 16.0. The minimum absolute atomic E-state index is 0.507. The number of anilines is 1. The van der Waals surface area contributed by atoms with Crippen LogP contribution in [0, 0.1) is 0 Å². The van der Waals surface area contributed by atoms with E-state index in [2.05, 4.69) is 34.2 Å². The third-order valence-corrected chi connectivity index (χ3v) is 3.61. The zero-order valence-electron chi connectivity index (χ0n) is 10.9. The van der Waals surface area contributed by atoms with Gasteiger partial charge in [0.15, 0.2) is 0 Å². The molecule has 0 saturated heterocycles. The van der Waals surface area contributed by atoms with Crippen molar-refractivity contribution in [3.8, 4) is 0 Å². The van der Waals surface area contributed by atoms with Crippen LogP contribution in [0.15, 0.2) is 53.0 Å². The van der Waals surface area contributed by atoms with E-state index in [-0.39, 0.29) is 0 Å². The smallest absolute Gasteiger partial charge is 0.0962 e. The third kappa shape index (κ3) is 3.82. The van der Waals surface area contributed by atoms with Gasteiger partial charge in [0.05, 0.1) is 6.10 Å². The molecule has 0 fully saturated rings. The molecule has 0 aromatic heterocycles. The van der Waals surface area contributed by atoms with Gasteiger partial charge in [-0.05, 0) is 35.7 Å². The maximum absolute atomic E-state index is 10.2. The largest absolute Gasteiger partial charge is 0.387 e. The zero-order valence-corrected chi connectivity index (χ0v) is 12.5. The third-order valence-electron chi connectivity index (χ3n) is 3.12. The van der Waals surface area contributed by atoms with Gasteiger partial charge >= 0.3 is 0 Å². The molecule has 2 aromatic carbocycles. The molecule has 1 unspecified atom stereocenters. The van der Waals surface area contributed by atoms with Crippen LogP contribution in [0.3, 0.4) is 0 Å². The molecule has 0 radical (unpaired) electrons. The van der Waals surface area contributed by atoms with Gasteiger partial charge < -0.3 is 10.4 Å². The fraction of sp³-hybridized carbons (Fsp3) is 0.250. The molecule has 19 heavy (non-hydrogen) atoms. The first-order valence-corrected chi connectivity index (χ1v) is 7.25. The summed E-state index contributed by atoms with van der Waals surface area (Å²) in [5, 5.41) is 13.5. The molecule has 2 rings (SSSR count). The highest BCUT2D eigenvalue weighted by molar-refractivity contribution is 9.10. The van der Waals surface area contributed by atoms with Crippen molar-refractivity contribution in [2.45, 2.75) is 19.4 Å². The fourth-order valence-electron chi connectivity index (χ4n) is 2.04. The minimum Gasteiger partial charge on any atom is -0.387 e. The fourth-order valence-corrected chi connectivity index (χ4v) is 2.46. The normalized spacial score (nSPS) is 12.2. The van der Waals surface area contributed by atoms with E-state index in [0.29, 0.717) is 6.54 Å². The number of aliphatic hydroxyl groups is 1. The van der Waals surface area contributed by atoms with Gasteiger partial charge in [-0.25, -0.2) is 0 Å². The topological polar surface area (TPSA) is 32.3 Å². The lowest BCUT2D eigenvalue weighted by molar-refractivity contribution is 0.191. The molecule has 3 heteroatoms. The van der Waals surface area contributed by atoms with Gasteiger partial charge in [0.1, 0.15) is 0 Å². The van der Waals surface area contributed by atoms with E-state index in [9.17, 15) is 5.11 Å². The molecule has 0 saturated carbocycles. The Morgan fingerprint density at radius 3 is 2.68 bits per heavy atom. The van der Waals surface area contributed by atoms with Crippen LogP contribution < -0.4 is 5.32 Å². The van der Waals surface area contributed by atoms with Crippen LogP contribution >= 0.6 is 15.9 Å². The van der Waals surface area contributed by atoms with E-state index in [1.165, 1.54) is 5.56 Å². The van der Waals surface area contributed by atoms with Crippen LogP contribution in [-0.2, 0) is 6.42 Å². The summed E-state index contributed by atoms with van der Waals surface area (Å²) in [7, 11) is 0. The summed E-state index contributed by atoms with van der Waals surface area (Å²) in [5.41, 5.74) is 3.28. The van der Waals surface area contributed by atoms with Crippen LogP contribution in [0.4, 0.5) is 5.69 Å². The predicted octanol–water partition coefficient (Wildman–Crippen LogP) is 4.16. The van der Waals surface area contributed by atoms with Gasteiger partial charge in [-0.15, -0.1) is 0 Å². The lowest BCUT2D eigenvalue weighted by Crippen LogP contribution is -2.13. The Morgan fingerprint density at radius 2 is 1.95 bits per heavy atom. The minimum atomic E-state index is -0.512. The van der Waals surface area contributed by atoms with Gasteiger partial charge in [-0.3, -0.25) is 0 Å². The number of hydrogen-bond acceptors (Lipinski definition) is 2. The Kier molecular flexibility index (Phi) is 5.00. The van der Waals surface area contributed by atoms with Gasteiger partial charge in [-0.1, -0.05) is 53.2 Å². The number of hydrogen-bond donors (Lipinski definition) is 2. The molecule has 0 heterocycles. The predicted molar refractivity (Wildman–Crippen MR) is 83.4 cm³/mol. The van der Waals surface area contributed by atoms with Crippen LogP contribution in [0.2, 0.25) is 0 Å². The van der Waals surface area contributed by atoms with Crippen molar-refractivity contribution < 1.29 is 5.11 Å². The van der Waals surface area contributed by atoms with Gasteiger partial charge in [0.25, 0.3) is 0 Å². The SMILES string of the molecule is CCc1ccccc1NCC(O)c1cccc(Br)c1. The Hall–Kier alpha value is -1.32. The highest BCUT2D eigenvalue weighted by Crippen LogP contribution is 2.20. The van der Waals surface area contributed by atoms with E-state index in [1.54, 1.807) is 0 Å². The summed E-state index contributed by atoms with van der Waals surface area (Å²) in [5.74, 6) is 0. The van der Waals surface area contributed by atoms with Crippen molar-refractivity contribution in [3.05, 3.63) is 64.1 Å². The highest BCUT2D eigenvalue weighted by Gasteiger charge is 2.08. The summed E-state index contributed by atoms with van der Waals surface area (Å²) < 4.78 is 0.984. The van der Waals surface area contributed by atoms with E-state index in [0.717, 1.165) is 22.1 Å². The second-order valence-corrected chi connectivity index (χ2v) is 5.38. The summed E-state index contributed by atoms with van der Waals surface area (Å²) in [6.07, 6.45) is 0.471. The van der Waals surface area contributed by atoms with Crippen molar-refractivity contribution in [3.63, 3.8) is 0 Å². The average Bonchev–Trinajstić information content (AvgIpc) is 2.45. The van der Waals surface area contributed by atoms with Crippen LogP contribution in [0.25, 0.3) is 0 Å². The number of para-hydroxylation sites is 1. The van der Waals surface area contributed by atoms with E-state index in [1.807, 2.05) is 42.5 Å². The first-order chi connectivity index (χ1) is 9.20. The molecule has 0 bridgehead atoms. The van der Waals surface area contributed by atoms with Crippen molar-refractivity contribution in [2.24, 2.45) is 0 Å². The van der Waals surface area contributed by atoms with E-state index >= 15 is 0 Å². The first kappa shape index (κ1) is 14.1. The molecule has 0 amide bonds. The van der Waals surface area contributed by atoms with Crippen molar-refractivity contribution in [2.75, 3.05) is 11.9 Å². The maximum Gasteiger partial charge on any atom is 0.0962 e. The average molecular weight is 320 g/mol. The van der Waals surface area contributed by atoms with Gasteiger partial charge in [0, 0.05) is 16.7 Å². The molecule has 0 aliphatic carbocycles. The highest BCUT2D eigenvalue weighted by atomic mass is 79.9. The quantitative estimate of drug-likeness (QED) is 0.867. The number of halogens is 1. The van der Waals surface area contributed by atoms with E-state index < -0.39 is 6.10 Å². The molecular weight excluding hydrogens is 302 g/mol. The Labute approximate surface area is 122 Å². The monoisotopic (exact) mass is 319 g/mol. The van der Waals surface area contributed by atoms with Crippen LogP contribution in [0.5, 0.6) is 0 Å². The van der Waals surface area contributed by atoms with Crippen LogP contribution in [-0.4, -0.2) is 11.7 Å². The molecular formula is C16H18BrNO. The molecule has 2 aromatic rings. The van der Waals surface area contributed by atoms with E-state index in [4.69, 9.17) is 0 Å². The zero-order chi connectivity index (χ0) is 13.7. The van der Waals surface area contributed by atoms with Crippen LogP contribution in [0.1, 0.15) is 24.2 Å². The van der Waals surface area contributed by atoms with Crippen molar-refractivity contribution in [1.29, 1.82) is 0 Å². The molecule has 0 aliphatic heterocycles. The number of aryl methyl sites for hydroxylation is 1. The Bertz CT molecular complexity index is 542. The first-order valence-electron chi connectivity index (χ1n) is 6.46. The number of benzene rings is 2. The molecule has 100 valence electrons. The van der Waals surface area contributed by atoms with Gasteiger partial charge in [0.2, 0.25) is 0 Å². The summed E-state index contributed by atoms with van der Waals surface area (Å²) in [4.78, 5) is 0. The lowest BCUT2D eigenvalue weighted by Gasteiger charge is -2.15. The summed E-state index contributed by atoms with van der Waals surface area (Å²) in [6.45, 7) is 2.64. The number of rotatable bonds is 5. The Morgan fingerprint density at radius 1 is 1.16 bits per heavy atom. The molecule has 1 atom stereocenters. The second kappa shape index (κ2) is 6.73. The van der Waals surface area contributed by atoms with Gasteiger partial charge in [-0.2, -0.15) is 0 Å². The second-order valence-electron chi connectivity index (χ2n) is 4.46.